The fourth-order valence-corrected chi connectivity index (χ4v) is 3.54. The van der Waals surface area contributed by atoms with E-state index in [-0.39, 0.29) is 4.83 Å². The van der Waals surface area contributed by atoms with Crippen LogP contribution in [0.2, 0.25) is 0 Å². The maximum absolute atomic E-state index is 11.2. The van der Waals surface area contributed by atoms with Crippen molar-refractivity contribution in [2.75, 3.05) is 0 Å². The zero-order chi connectivity index (χ0) is 12.6. The van der Waals surface area contributed by atoms with Gasteiger partial charge in [-0.15, -0.1) is 0 Å². The van der Waals surface area contributed by atoms with Gasteiger partial charge in [-0.05, 0) is 29.5 Å². The van der Waals surface area contributed by atoms with E-state index in [9.17, 15) is 5.11 Å². The summed E-state index contributed by atoms with van der Waals surface area (Å²) in [5, 5.41) is 11.2. The summed E-state index contributed by atoms with van der Waals surface area (Å²) < 4.78 is 0. The molecule has 3 rings (SSSR count). The Labute approximate surface area is 116 Å². The van der Waals surface area contributed by atoms with Crippen molar-refractivity contribution in [1.82, 2.24) is 0 Å². The van der Waals surface area contributed by atoms with Gasteiger partial charge in [0.15, 0.2) is 0 Å². The molecule has 2 aromatic carbocycles. The fourth-order valence-electron chi connectivity index (χ4n) is 2.80. The first-order valence-corrected chi connectivity index (χ1v) is 7.15. The molecule has 0 aromatic heterocycles. The number of rotatable bonds is 1. The summed E-state index contributed by atoms with van der Waals surface area (Å²) in [6, 6.07) is 18.1. The summed E-state index contributed by atoms with van der Waals surface area (Å²) >= 11 is 3.67. The van der Waals surface area contributed by atoms with Crippen LogP contribution in [-0.4, -0.2) is 9.93 Å². The average Bonchev–Trinajstić information content (AvgIpc) is 2.44. The summed E-state index contributed by atoms with van der Waals surface area (Å²) in [6.45, 7) is 0. The number of fused-ring (bicyclic) bond motifs is 1. The van der Waals surface area contributed by atoms with Gasteiger partial charge in [0.05, 0.1) is 4.83 Å². The fraction of sp³-hybridized carbons (Fsp3) is 0.250. The van der Waals surface area contributed by atoms with E-state index in [4.69, 9.17) is 0 Å². The van der Waals surface area contributed by atoms with Crippen molar-refractivity contribution >= 4 is 15.9 Å². The van der Waals surface area contributed by atoms with Gasteiger partial charge in [-0.2, -0.15) is 0 Å². The molecule has 0 saturated heterocycles. The Morgan fingerprint density at radius 3 is 2.44 bits per heavy atom. The van der Waals surface area contributed by atoms with Crippen LogP contribution in [0.5, 0.6) is 0 Å². The Bertz CT molecular complexity index is 552. The third-order valence-corrected chi connectivity index (χ3v) is 4.88. The van der Waals surface area contributed by atoms with E-state index in [2.05, 4.69) is 22.0 Å². The van der Waals surface area contributed by atoms with E-state index in [1.54, 1.807) is 0 Å². The van der Waals surface area contributed by atoms with Crippen LogP contribution >= 0.6 is 15.9 Å². The van der Waals surface area contributed by atoms with E-state index in [1.807, 2.05) is 48.5 Å². The van der Waals surface area contributed by atoms with E-state index in [0.29, 0.717) is 0 Å². The first-order chi connectivity index (χ1) is 8.73. The number of aryl methyl sites for hydroxylation is 1. The van der Waals surface area contributed by atoms with E-state index in [0.717, 1.165) is 24.0 Å². The largest absolute Gasteiger partial charge is 0.379 e. The molecule has 1 aliphatic carbocycles. The molecule has 0 aliphatic heterocycles. The standard InChI is InChI=1S/C16H15BrO/c17-15-11-10-12-6-4-5-9-14(12)16(15,18)13-7-2-1-3-8-13/h1-9,15,18H,10-11H2/t15-,16+/m0/s1. The first kappa shape index (κ1) is 11.9. The third kappa shape index (κ3) is 1.72. The van der Waals surface area contributed by atoms with Crippen LogP contribution in [-0.2, 0) is 12.0 Å². The number of hydrogen-bond donors (Lipinski definition) is 1. The van der Waals surface area contributed by atoms with Crippen LogP contribution in [0.15, 0.2) is 54.6 Å². The van der Waals surface area contributed by atoms with Gasteiger partial charge >= 0.3 is 0 Å². The Morgan fingerprint density at radius 1 is 1.00 bits per heavy atom. The number of aliphatic hydroxyl groups is 1. The number of alkyl halides is 1. The Kier molecular flexibility index (Phi) is 3.00. The lowest BCUT2D eigenvalue weighted by atomic mass is 9.75. The summed E-state index contributed by atoms with van der Waals surface area (Å²) in [4.78, 5) is 0.0577. The van der Waals surface area contributed by atoms with Crippen molar-refractivity contribution in [2.45, 2.75) is 23.3 Å². The highest BCUT2D eigenvalue weighted by Crippen LogP contribution is 2.43. The minimum atomic E-state index is -0.921. The molecule has 0 saturated carbocycles. The summed E-state index contributed by atoms with van der Waals surface area (Å²) in [5.41, 5.74) is 2.32. The molecule has 2 atom stereocenters. The maximum Gasteiger partial charge on any atom is 0.127 e. The van der Waals surface area contributed by atoms with Crippen LogP contribution in [0.1, 0.15) is 23.1 Å². The highest BCUT2D eigenvalue weighted by atomic mass is 79.9. The lowest BCUT2D eigenvalue weighted by molar-refractivity contribution is 0.0705. The molecule has 1 N–H and O–H groups in total. The van der Waals surface area contributed by atoms with Crippen LogP contribution in [0.3, 0.4) is 0 Å². The molecule has 0 heterocycles. The molecule has 0 radical (unpaired) electrons. The molecule has 0 spiro atoms. The predicted molar refractivity (Wildman–Crippen MR) is 76.9 cm³/mol. The highest BCUT2D eigenvalue weighted by Gasteiger charge is 2.42. The van der Waals surface area contributed by atoms with Gasteiger partial charge in [-0.1, -0.05) is 70.5 Å². The van der Waals surface area contributed by atoms with Gasteiger partial charge in [0.25, 0.3) is 0 Å². The number of hydrogen-bond acceptors (Lipinski definition) is 1. The number of halogens is 1. The Morgan fingerprint density at radius 2 is 1.67 bits per heavy atom. The minimum Gasteiger partial charge on any atom is -0.379 e. The minimum absolute atomic E-state index is 0.0577. The summed E-state index contributed by atoms with van der Waals surface area (Å²) in [7, 11) is 0. The van der Waals surface area contributed by atoms with Crippen molar-refractivity contribution in [3.8, 4) is 0 Å². The van der Waals surface area contributed by atoms with Gasteiger partial charge in [0, 0.05) is 0 Å². The molecule has 0 amide bonds. The van der Waals surface area contributed by atoms with Gasteiger partial charge in [-0.3, -0.25) is 0 Å². The lowest BCUT2D eigenvalue weighted by Gasteiger charge is -2.39. The second kappa shape index (κ2) is 4.52. The van der Waals surface area contributed by atoms with Gasteiger partial charge in [0.1, 0.15) is 5.60 Å². The van der Waals surface area contributed by atoms with Crippen molar-refractivity contribution < 1.29 is 5.11 Å². The SMILES string of the molecule is O[C@]1(c2ccccc2)c2ccccc2CC[C@@H]1Br. The molecule has 0 unspecified atom stereocenters. The molecule has 2 heteroatoms. The molecule has 1 aliphatic rings. The van der Waals surface area contributed by atoms with E-state index >= 15 is 0 Å². The summed E-state index contributed by atoms with van der Waals surface area (Å²) in [6.07, 6.45) is 1.96. The van der Waals surface area contributed by atoms with Crippen LogP contribution in [0.4, 0.5) is 0 Å². The average molecular weight is 303 g/mol. The topological polar surface area (TPSA) is 20.2 Å². The molecule has 0 bridgehead atoms. The van der Waals surface area contributed by atoms with Crippen molar-refractivity contribution in [2.24, 2.45) is 0 Å². The maximum atomic E-state index is 11.2. The normalized spacial score (nSPS) is 26.7. The second-order valence-electron chi connectivity index (χ2n) is 4.80. The Balaban J connectivity index is 2.21. The third-order valence-electron chi connectivity index (χ3n) is 3.76. The van der Waals surface area contributed by atoms with Gasteiger partial charge < -0.3 is 5.11 Å². The molecule has 1 nitrogen and oxygen atoms in total. The van der Waals surface area contributed by atoms with Gasteiger partial charge in [-0.25, -0.2) is 0 Å². The molecular weight excluding hydrogens is 288 g/mol. The zero-order valence-electron chi connectivity index (χ0n) is 10.0. The second-order valence-corrected chi connectivity index (χ2v) is 5.90. The monoisotopic (exact) mass is 302 g/mol. The molecule has 2 aromatic rings. The first-order valence-electron chi connectivity index (χ1n) is 6.23. The molecule has 18 heavy (non-hydrogen) atoms. The molecular formula is C16H15BrO. The van der Waals surface area contributed by atoms with Crippen LogP contribution in [0, 0.1) is 0 Å². The Hall–Kier alpha value is -1.12. The quantitative estimate of drug-likeness (QED) is 0.798. The van der Waals surface area contributed by atoms with Crippen molar-refractivity contribution in [3.63, 3.8) is 0 Å². The zero-order valence-corrected chi connectivity index (χ0v) is 11.6. The van der Waals surface area contributed by atoms with Crippen molar-refractivity contribution in [3.05, 3.63) is 71.3 Å². The van der Waals surface area contributed by atoms with Crippen LogP contribution in [0.25, 0.3) is 0 Å². The van der Waals surface area contributed by atoms with Crippen LogP contribution < -0.4 is 0 Å². The molecule has 92 valence electrons. The smallest absolute Gasteiger partial charge is 0.127 e. The van der Waals surface area contributed by atoms with Gasteiger partial charge in [0.2, 0.25) is 0 Å². The van der Waals surface area contributed by atoms with Crippen molar-refractivity contribution in [1.29, 1.82) is 0 Å². The number of benzene rings is 2. The summed E-state index contributed by atoms with van der Waals surface area (Å²) in [5.74, 6) is 0. The molecule has 0 fully saturated rings. The lowest BCUT2D eigenvalue weighted by Crippen LogP contribution is -2.41. The van der Waals surface area contributed by atoms with E-state index in [1.165, 1.54) is 5.56 Å². The predicted octanol–water partition coefficient (Wildman–Crippen LogP) is 3.63. The highest BCUT2D eigenvalue weighted by molar-refractivity contribution is 9.09. The van der Waals surface area contributed by atoms with E-state index < -0.39 is 5.60 Å².